The Balaban J connectivity index is 2.05. The summed E-state index contributed by atoms with van der Waals surface area (Å²) >= 11 is 0. The van der Waals surface area contributed by atoms with Crippen LogP contribution in [0.1, 0.15) is 34.0 Å². The number of carbonyl (C=O) groups is 1. The van der Waals surface area contributed by atoms with Crippen LogP contribution in [0.5, 0.6) is 0 Å². The Morgan fingerprint density at radius 3 is 2.29 bits per heavy atom. The van der Waals surface area contributed by atoms with Crippen molar-refractivity contribution in [2.75, 3.05) is 7.11 Å². The van der Waals surface area contributed by atoms with E-state index in [0.29, 0.717) is 12.0 Å². The van der Waals surface area contributed by atoms with Gasteiger partial charge in [0.15, 0.2) is 0 Å². The number of methoxy groups -OCH3 is 1. The fourth-order valence-electron chi connectivity index (χ4n) is 2.10. The molecule has 1 atom stereocenters. The zero-order valence-electron chi connectivity index (χ0n) is 12.0. The summed E-state index contributed by atoms with van der Waals surface area (Å²) in [6.07, 6.45) is -0.203. The van der Waals surface area contributed by atoms with Gasteiger partial charge in [0.1, 0.15) is 0 Å². The zero-order chi connectivity index (χ0) is 15.2. The number of hydrogen-bond donors (Lipinski definition) is 1. The maximum absolute atomic E-state index is 11.4. The van der Waals surface area contributed by atoms with Crippen LogP contribution in [0.2, 0.25) is 0 Å². The second kappa shape index (κ2) is 6.86. The third-order valence-electron chi connectivity index (χ3n) is 3.34. The molecule has 0 aliphatic rings. The second-order valence-electron chi connectivity index (χ2n) is 4.80. The molecule has 0 aromatic heterocycles. The van der Waals surface area contributed by atoms with Crippen LogP contribution in [0.4, 0.5) is 0 Å². The quantitative estimate of drug-likeness (QED) is 0.852. The normalized spacial score (nSPS) is 11.7. The summed E-state index contributed by atoms with van der Waals surface area (Å²) in [5, 5.41) is 10.3. The lowest BCUT2D eigenvalue weighted by atomic mass is 9.97. The fraction of sp³-hybridized carbons (Fsp3) is 0.167. The third kappa shape index (κ3) is 3.80. The van der Waals surface area contributed by atoms with Gasteiger partial charge in [0.25, 0.3) is 0 Å². The van der Waals surface area contributed by atoms with Gasteiger partial charge in [-0.05, 0) is 28.8 Å². The van der Waals surface area contributed by atoms with Crippen molar-refractivity contribution in [3.63, 3.8) is 0 Å². The Labute approximate surface area is 124 Å². The van der Waals surface area contributed by atoms with Crippen LogP contribution < -0.4 is 0 Å². The summed E-state index contributed by atoms with van der Waals surface area (Å²) in [4.78, 5) is 11.4. The Kier molecular flexibility index (Phi) is 4.90. The molecule has 3 nitrogen and oxygen atoms in total. The van der Waals surface area contributed by atoms with Gasteiger partial charge in [-0.1, -0.05) is 49.0 Å². The van der Waals surface area contributed by atoms with Gasteiger partial charge >= 0.3 is 5.97 Å². The zero-order valence-corrected chi connectivity index (χ0v) is 12.0. The van der Waals surface area contributed by atoms with Crippen LogP contribution in [0.3, 0.4) is 0 Å². The molecule has 0 saturated carbocycles. The number of aliphatic hydroxyl groups excluding tert-OH is 1. The molecule has 0 aliphatic carbocycles. The smallest absolute Gasteiger partial charge is 0.337 e. The lowest BCUT2D eigenvalue weighted by molar-refractivity contribution is 0.0600. The molecule has 0 aliphatic heterocycles. The molecule has 2 aromatic rings. The average molecular weight is 282 g/mol. The fourth-order valence-corrected chi connectivity index (χ4v) is 2.10. The molecule has 0 amide bonds. The van der Waals surface area contributed by atoms with Gasteiger partial charge in [-0.3, -0.25) is 0 Å². The first kappa shape index (κ1) is 15.0. The Morgan fingerprint density at radius 2 is 1.71 bits per heavy atom. The number of aliphatic hydroxyl groups is 1. The first-order valence-corrected chi connectivity index (χ1v) is 6.71. The van der Waals surface area contributed by atoms with E-state index >= 15 is 0 Å². The predicted octanol–water partition coefficient (Wildman–Crippen LogP) is 3.61. The van der Waals surface area contributed by atoms with Crippen molar-refractivity contribution in [3.05, 3.63) is 77.9 Å². The average Bonchev–Trinajstić information content (AvgIpc) is 2.55. The number of ether oxygens (including phenoxy) is 1. The van der Waals surface area contributed by atoms with Crippen molar-refractivity contribution in [2.45, 2.75) is 12.5 Å². The van der Waals surface area contributed by atoms with Gasteiger partial charge in [-0.25, -0.2) is 4.79 Å². The minimum absolute atomic E-state index is 0.385. The molecule has 0 fully saturated rings. The van der Waals surface area contributed by atoms with Crippen molar-refractivity contribution in [2.24, 2.45) is 0 Å². The monoisotopic (exact) mass is 282 g/mol. The number of hydrogen-bond acceptors (Lipinski definition) is 3. The molecule has 2 rings (SSSR count). The van der Waals surface area contributed by atoms with E-state index in [4.69, 9.17) is 0 Å². The molecule has 2 aromatic carbocycles. The van der Waals surface area contributed by atoms with E-state index in [0.717, 1.165) is 16.7 Å². The predicted molar refractivity (Wildman–Crippen MR) is 82.8 cm³/mol. The van der Waals surface area contributed by atoms with E-state index in [1.54, 1.807) is 24.3 Å². The molecule has 108 valence electrons. The first-order valence-electron chi connectivity index (χ1n) is 6.71. The second-order valence-corrected chi connectivity index (χ2v) is 4.80. The molecule has 0 saturated heterocycles. The topological polar surface area (TPSA) is 46.5 Å². The Bertz CT molecular complexity index is 615. The van der Waals surface area contributed by atoms with E-state index in [1.165, 1.54) is 7.11 Å². The molecule has 0 bridgehead atoms. The molecule has 3 heteroatoms. The van der Waals surface area contributed by atoms with Gasteiger partial charge in [0.2, 0.25) is 0 Å². The van der Waals surface area contributed by atoms with E-state index in [1.807, 2.05) is 30.3 Å². The highest BCUT2D eigenvalue weighted by Gasteiger charge is 2.12. The van der Waals surface area contributed by atoms with Crippen LogP contribution in [-0.4, -0.2) is 18.2 Å². The number of benzene rings is 2. The van der Waals surface area contributed by atoms with Crippen molar-refractivity contribution < 1.29 is 14.6 Å². The molecule has 1 N–H and O–H groups in total. The molecule has 1 unspecified atom stereocenters. The maximum atomic E-state index is 11.4. The lowest BCUT2D eigenvalue weighted by Crippen LogP contribution is -2.03. The summed E-state index contributed by atoms with van der Waals surface area (Å²) in [6, 6.07) is 16.5. The van der Waals surface area contributed by atoms with Crippen LogP contribution >= 0.6 is 0 Å². The minimum Gasteiger partial charge on any atom is -0.465 e. The van der Waals surface area contributed by atoms with Gasteiger partial charge in [0, 0.05) is 6.42 Å². The summed E-state index contributed by atoms with van der Waals surface area (Å²) in [5.74, 6) is -0.385. The number of esters is 1. The largest absolute Gasteiger partial charge is 0.465 e. The van der Waals surface area contributed by atoms with Crippen molar-refractivity contribution in [1.29, 1.82) is 0 Å². The molecule has 0 spiro atoms. The summed E-state index contributed by atoms with van der Waals surface area (Å²) in [7, 11) is 1.34. The third-order valence-corrected chi connectivity index (χ3v) is 3.34. The van der Waals surface area contributed by atoms with E-state index in [-0.39, 0.29) is 5.97 Å². The van der Waals surface area contributed by atoms with Crippen molar-refractivity contribution in [1.82, 2.24) is 0 Å². The summed E-state index contributed by atoms with van der Waals surface area (Å²) in [5.41, 5.74) is 3.11. The number of rotatable bonds is 5. The summed E-state index contributed by atoms with van der Waals surface area (Å²) in [6.45, 7) is 4.02. The molecular weight excluding hydrogens is 264 g/mol. The van der Waals surface area contributed by atoms with E-state index in [9.17, 15) is 9.90 Å². The van der Waals surface area contributed by atoms with E-state index in [2.05, 4.69) is 11.3 Å². The van der Waals surface area contributed by atoms with E-state index < -0.39 is 6.10 Å². The standard InChI is InChI=1S/C18H18O3/c1-13(14-6-4-3-5-7-14)12-17(19)15-8-10-16(11-9-15)18(20)21-2/h3-11,17,19H,1,12H2,2H3. The highest BCUT2D eigenvalue weighted by atomic mass is 16.5. The van der Waals surface area contributed by atoms with Crippen LogP contribution in [0, 0.1) is 0 Å². The maximum Gasteiger partial charge on any atom is 0.337 e. The molecule has 21 heavy (non-hydrogen) atoms. The summed E-state index contributed by atoms with van der Waals surface area (Å²) < 4.78 is 4.64. The van der Waals surface area contributed by atoms with Crippen molar-refractivity contribution in [3.8, 4) is 0 Å². The van der Waals surface area contributed by atoms with Gasteiger partial charge in [-0.15, -0.1) is 0 Å². The molecular formula is C18H18O3. The van der Waals surface area contributed by atoms with Crippen LogP contribution in [0.15, 0.2) is 61.2 Å². The number of carbonyl (C=O) groups excluding carboxylic acids is 1. The Hall–Kier alpha value is -2.39. The molecule has 0 heterocycles. The van der Waals surface area contributed by atoms with Crippen LogP contribution in [0.25, 0.3) is 5.57 Å². The van der Waals surface area contributed by atoms with Crippen LogP contribution in [-0.2, 0) is 4.74 Å². The first-order chi connectivity index (χ1) is 10.1. The van der Waals surface area contributed by atoms with Crippen molar-refractivity contribution >= 4 is 11.5 Å². The molecule has 0 radical (unpaired) electrons. The Morgan fingerprint density at radius 1 is 1.10 bits per heavy atom. The highest BCUT2D eigenvalue weighted by Crippen LogP contribution is 2.26. The van der Waals surface area contributed by atoms with Gasteiger partial charge in [0.05, 0.1) is 18.8 Å². The minimum atomic E-state index is -0.649. The van der Waals surface area contributed by atoms with Gasteiger partial charge < -0.3 is 9.84 Å². The lowest BCUT2D eigenvalue weighted by Gasteiger charge is -2.13. The SMILES string of the molecule is C=C(CC(O)c1ccc(C(=O)OC)cc1)c1ccccc1. The highest BCUT2D eigenvalue weighted by molar-refractivity contribution is 5.89. The van der Waals surface area contributed by atoms with Gasteiger partial charge in [-0.2, -0.15) is 0 Å².